The first-order chi connectivity index (χ1) is 6.44. The van der Waals surface area contributed by atoms with Crippen molar-refractivity contribution in [2.24, 2.45) is 0 Å². The van der Waals surface area contributed by atoms with Crippen LogP contribution in [0.4, 0.5) is 10.1 Å². The van der Waals surface area contributed by atoms with Crippen molar-refractivity contribution in [1.29, 1.82) is 0 Å². The number of hydrogen-bond acceptors (Lipinski definition) is 3. The molecular formula is C8H11FN2O2S. The topological polar surface area (TPSA) is 59.1 Å². The van der Waals surface area contributed by atoms with Crippen LogP contribution in [0.15, 0.2) is 12.3 Å². The minimum atomic E-state index is -3.32. The van der Waals surface area contributed by atoms with Crippen LogP contribution in [0.3, 0.4) is 0 Å². The Kier molecular flexibility index (Phi) is 3.05. The Bertz CT molecular complexity index is 431. The molecule has 0 saturated heterocycles. The fourth-order valence-corrected chi connectivity index (χ4v) is 1.56. The Hall–Kier alpha value is -1.17. The van der Waals surface area contributed by atoms with E-state index in [2.05, 4.69) is 9.71 Å². The molecule has 14 heavy (non-hydrogen) atoms. The first kappa shape index (κ1) is 10.9. The fraction of sp³-hybridized carbons (Fsp3) is 0.375. The summed E-state index contributed by atoms with van der Waals surface area (Å²) in [5.74, 6) is -0.647. The summed E-state index contributed by atoms with van der Waals surface area (Å²) in [4.78, 5) is 3.36. The number of pyridine rings is 1. The molecule has 1 heterocycles. The van der Waals surface area contributed by atoms with Crippen molar-refractivity contribution >= 4 is 15.7 Å². The molecule has 0 aromatic carbocycles. The molecule has 0 unspecified atom stereocenters. The van der Waals surface area contributed by atoms with Crippen molar-refractivity contribution in [3.05, 3.63) is 23.8 Å². The molecule has 1 aromatic rings. The highest BCUT2D eigenvalue weighted by molar-refractivity contribution is 7.92. The molecule has 78 valence electrons. The number of rotatable bonds is 3. The third-order valence-electron chi connectivity index (χ3n) is 1.72. The zero-order valence-corrected chi connectivity index (χ0v) is 8.73. The van der Waals surface area contributed by atoms with Crippen molar-refractivity contribution in [3.8, 4) is 0 Å². The monoisotopic (exact) mass is 218 g/mol. The van der Waals surface area contributed by atoms with Gasteiger partial charge in [0.05, 0.1) is 17.6 Å². The molecule has 0 spiro atoms. The number of nitrogens with one attached hydrogen (secondary N) is 1. The lowest BCUT2D eigenvalue weighted by molar-refractivity contribution is 0.582. The van der Waals surface area contributed by atoms with Crippen LogP contribution in [0.1, 0.15) is 12.5 Å². The molecule has 0 amide bonds. The summed E-state index contributed by atoms with van der Waals surface area (Å²) in [5.41, 5.74) is 0.822. The van der Waals surface area contributed by atoms with Gasteiger partial charge in [-0.2, -0.15) is 4.39 Å². The minimum Gasteiger partial charge on any atom is -0.282 e. The van der Waals surface area contributed by atoms with Crippen LogP contribution in [-0.4, -0.2) is 19.2 Å². The summed E-state index contributed by atoms with van der Waals surface area (Å²) in [6, 6.07) is 1.17. The van der Waals surface area contributed by atoms with Crippen LogP contribution in [0.2, 0.25) is 0 Å². The number of nitrogens with zero attached hydrogens (tertiary/aromatic N) is 1. The summed E-state index contributed by atoms with van der Waals surface area (Å²) in [6.45, 7) is 3.13. The molecule has 1 N–H and O–H groups in total. The van der Waals surface area contributed by atoms with Gasteiger partial charge in [-0.25, -0.2) is 13.4 Å². The molecule has 4 nitrogen and oxygen atoms in total. The number of sulfonamides is 1. The quantitative estimate of drug-likeness (QED) is 0.778. The van der Waals surface area contributed by atoms with Gasteiger partial charge in [0.1, 0.15) is 0 Å². The highest BCUT2D eigenvalue weighted by Gasteiger charge is 2.09. The summed E-state index contributed by atoms with van der Waals surface area (Å²) in [5, 5.41) is 0. The summed E-state index contributed by atoms with van der Waals surface area (Å²) in [7, 11) is -3.32. The van der Waals surface area contributed by atoms with E-state index < -0.39 is 16.0 Å². The Morgan fingerprint density at radius 2 is 2.21 bits per heavy atom. The number of aryl methyl sites for hydroxylation is 1. The van der Waals surface area contributed by atoms with Gasteiger partial charge in [0.25, 0.3) is 0 Å². The minimum absolute atomic E-state index is 0.0240. The van der Waals surface area contributed by atoms with E-state index in [0.717, 1.165) is 6.20 Å². The fourth-order valence-electron chi connectivity index (χ4n) is 0.868. The zero-order chi connectivity index (χ0) is 10.8. The second-order valence-corrected chi connectivity index (χ2v) is 4.84. The second kappa shape index (κ2) is 3.91. The highest BCUT2D eigenvalue weighted by Crippen LogP contribution is 2.14. The van der Waals surface area contributed by atoms with E-state index in [-0.39, 0.29) is 5.75 Å². The Morgan fingerprint density at radius 1 is 1.57 bits per heavy atom. The lowest BCUT2D eigenvalue weighted by atomic mass is 10.3. The molecule has 0 atom stereocenters. The van der Waals surface area contributed by atoms with Crippen molar-refractivity contribution in [2.75, 3.05) is 10.5 Å². The van der Waals surface area contributed by atoms with Crippen molar-refractivity contribution in [2.45, 2.75) is 13.8 Å². The highest BCUT2D eigenvalue weighted by atomic mass is 32.2. The van der Waals surface area contributed by atoms with Gasteiger partial charge in [-0.05, 0) is 25.5 Å². The van der Waals surface area contributed by atoms with E-state index in [1.807, 2.05) is 0 Å². The van der Waals surface area contributed by atoms with Gasteiger partial charge in [-0.3, -0.25) is 4.72 Å². The lowest BCUT2D eigenvalue weighted by Crippen LogP contribution is -2.15. The smallest absolute Gasteiger partial charge is 0.232 e. The molecule has 1 rings (SSSR count). The molecular weight excluding hydrogens is 207 g/mol. The van der Waals surface area contributed by atoms with E-state index in [9.17, 15) is 12.8 Å². The summed E-state index contributed by atoms with van der Waals surface area (Å²) >= 11 is 0. The average molecular weight is 218 g/mol. The van der Waals surface area contributed by atoms with Gasteiger partial charge in [0.2, 0.25) is 16.0 Å². The van der Waals surface area contributed by atoms with Gasteiger partial charge in [-0.1, -0.05) is 0 Å². The molecule has 0 aliphatic rings. The Labute approximate surface area is 82.2 Å². The van der Waals surface area contributed by atoms with Crippen molar-refractivity contribution in [3.63, 3.8) is 0 Å². The first-order valence-corrected chi connectivity index (χ1v) is 5.72. The van der Waals surface area contributed by atoms with Crippen LogP contribution in [0, 0.1) is 12.9 Å². The predicted molar refractivity (Wildman–Crippen MR) is 52.0 cm³/mol. The van der Waals surface area contributed by atoms with Crippen LogP contribution in [-0.2, 0) is 10.0 Å². The molecule has 0 bridgehead atoms. The second-order valence-electron chi connectivity index (χ2n) is 2.83. The van der Waals surface area contributed by atoms with Gasteiger partial charge in [0, 0.05) is 0 Å². The van der Waals surface area contributed by atoms with Gasteiger partial charge < -0.3 is 0 Å². The normalized spacial score (nSPS) is 11.4. The standard InChI is InChI=1S/C8H11FN2O2S/c1-3-14(12,13)11-7-5-10-8(9)4-6(7)2/h4-5,11H,3H2,1-2H3. The molecule has 0 radical (unpaired) electrons. The largest absolute Gasteiger partial charge is 0.282 e. The zero-order valence-electron chi connectivity index (χ0n) is 7.91. The number of anilines is 1. The number of hydrogen-bond donors (Lipinski definition) is 1. The maximum Gasteiger partial charge on any atom is 0.232 e. The van der Waals surface area contributed by atoms with E-state index in [0.29, 0.717) is 11.3 Å². The molecule has 1 aromatic heterocycles. The van der Waals surface area contributed by atoms with Gasteiger partial charge in [0.15, 0.2) is 0 Å². The molecule has 6 heteroatoms. The van der Waals surface area contributed by atoms with E-state index in [1.54, 1.807) is 6.92 Å². The maximum absolute atomic E-state index is 12.6. The van der Waals surface area contributed by atoms with Crippen LogP contribution >= 0.6 is 0 Å². The average Bonchev–Trinajstić information content (AvgIpc) is 2.10. The van der Waals surface area contributed by atoms with Crippen molar-refractivity contribution < 1.29 is 12.8 Å². The molecule has 0 saturated carbocycles. The third kappa shape index (κ3) is 2.66. The van der Waals surface area contributed by atoms with E-state index in [4.69, 9.17) is 0 Å². The Morgan fingerprint density at radius 3 is 2.71 bits per heavy atom. The van der Waals surface area contributed by atoms with Crippen LogP contribution in [0.25, 0.3) is 0 Å². The summed E-state index contributed by atoms with van der Waals surface area (Å²) < 4.78 is 37.2. The van der Waals surface area contributed by atoms with Gasteiger partial charge >= 0.3 is 0 Å². The SMILES string of the molecule is CCS(=O)(=O)Nc1cnc(F)cc1C. The third-order valence-corrected chi connectivity index (χ3v) is 3.01. The lowest BCUT2D eigenvalue weighted by Gasteiger charge is -2.07. The number of halogens is 1. The summed E-state index contributed by atoms with van der Waals surface area (Å²) in [6.07, 6.45) is 1.16. The van der Waals surface area contributed by atoms with E-state index in [1.165, 1.54) is 13.0 Å². The van der Waals surface area contributed by atoms with Crippen LogP contribution < -0.4 is 4.72 Å². The molecule has 0 fully saturated rings. The van der Waals surface area contributed by atoms with Crippen LogP contribution in [0.5, 0.6) is 0 Å². The van der Waals surface area contributed by atoms with Crippen molar-refractivity contribution in [1.82, 2.24) is 4.98 Å². The maximum atomic E-state index is 12.6. The predicted octanol–water partition coefficient (Wildman–Crippen LogP) is 1.29. The van der Waals surface area contributed by atoms with Gasteiger partial charge in [-0.15, -0.1) is 0 Å². The first-order valence-electron chi connectivity index (χ1n) is 4.07. The number of aromatic nitrogens is 1. The molecule has 0 aliphatic carbocycles. The molecule has 0 aliphatic heterocycles. The Balaban J connectivity index is 2.99. The van der Waals surface area contributed by atoms with E-state index >= 15 is 0 Å².